The Morgan fingerprint density at radius 1 is 1.38 bits per heavy atom. The van der Waals surface area contributed by atoms with Crippen molar-refractivity contribution >= 4 is 51.1 Å². The number of carbonyl (C=O) groups excluding carboxylic acids is 1. The van der Waals surface area contributed by atoms with Crippen LogP contribution in [-0.2, 0) is 0 Å². The first-order chi connectivity index (χ1) is 9.99. The average Bonchev–Trinajstić information content (AvgIpc) is 3.02. The molecule has 0 aliphatic rings. The quantitative estimate of drug-likeness (QED) is 0.444. The molecule has 0 saturated carbocycles. The van der Waals surface area contributed by atoms with Crippen LogP contribution in [0.25, 0.3) is 10.9 Å². The van der Waals surface area contributed by atoms with Gasteiger partial charge in [0.25, 0.3) is 11.6 Å². The molecule has 0 radical (unpaired) electrons. The number of fused-ring (bicyclic) bond motifs is 1. The summed E-state index contributed by atoms with van der Waals surface area (Å²) < 4.78 is 1.35. The van der Waals surface area contributed by atoms with Gasteiger partial charge in [-0.25, -0.2) is 0 Å². The van der Waals surface area contributed by atoms with E-state index in [1.165, 1.54) is 10.6 Å². The average molecular weight is 322 g/mol. The molecule has 6 nitrogen and oxygen atoms in total. The fourth-order valence-electron chi connectivity index (χ4n) is 2.10. The number of nitrogens with zero attached hydrogens (tertiary/aromatic N) is 2. The number of anilines is 1. The van der Waals surface area contributed by atoms with Crippen LogP contribution in [0.3, 0.4) is 0 Å². The van der Waals surface area contributed by atoms with Gasteiger partial charge in [0.15, 0.2) is 4.34 Å². The van der Waals surface area contributed by atoms with Crippen LogP contribution in [0.15, 0.2) is 36.5 Å². The van der Waals surface area contributed by atoms with Crippen LogP contribution < -0.4 is 5.73 Å². The molecular weight excluding hydrogens is 314 g/mol. The van der Waals surface area contributed by atoms with Crippen LogP contribution in [0.1, 0.15) is 9.67 Å². The van der Waals surface area contributed by atoms with Crippen LogP contribution in [0.2, 0.25) is 4.34 Å². The summed E-state index contributed by atoms with van der Waals surface area (Å²) >= 11 is 6.66. The number of carbonyl (C=O) groups is 1. The summed E-state index contributed by atoms with van der Waals surface area (Å²) in [5, 5.41) is 11.6. The van der Waals surface area contributed by atoms with Crippen molar-refractivity contribution in [3.05, 3.63) is 55.9 Å². The minimum absolute atomic E-state index is 0.0206. The van der Waals surface area contributed by atoms with Crippen molar-refractivity contribution < 1.29 is 9.72 Å². The maximum absolute atomic E-state index is 12.5. The molecule has 2 N–H and O–H groups in total. The van der Waals surface area contributed by atoms with Crippen LogP contribution in [0, 0.1) is 10.1 Å². The Kier molecular flexibility index (Phi) is 3.15. The van der Waals surface area contributed by atoms with E-state index in [9.17, 15) is 14.9 Å². The third-order valence-corrected chi connectivity index (χ3v) is 4.36. The SMILES string of the molecule is Nc1cccc2ccn(C(=O)c3cc([N+](=O)[O-])c(Cl)s3)c12. The first kappa shape index (κ1) is 13.6. The highest BCUT2D eigenvalue weighted by Gasteiger charge is 2.23. The summed E-state index contributed by atoms with van der Waals surface area (Å²) in [6.07, 6.45) is 1.59. The lowest BCUT2D eigenvalue weighted by Crippen LogP contribution is -2.09. The van der Waals surface area contributed by atoms with E-state index >= 15 is 0 Å². The zero-order valence-electron chi connectivity index (χ0n) is 10.4. The van der Waals surface area contributed by atoms with Gasteiger partial charge in [-0.05, 0) is 12.1 Å². The van der Waals surface area contributed by atoms with Crippen molar-refractivity contribution in [2.45, 2.75) is 0 Å². The lowest BCUT2D eigenvalue weighted by Gasteiger charge is -2.04. The number of aromatic nitrogens is 1. The van der Waals surface area contributed by atoms with Crippen molar-refractivity contribution in [1.82, 2.24) is 4.57 Å². The van der Waals surface area contributed by atoms with Gasteiger partial charge >= 0.3 is 0 Å². The number of para-hydroxylation sites is 1. The molecule has 2 heterocycles. The van der Waals surface area contributed by atoms with Gasteiger partial charge in [0.1, 0.15) is 4.88 Å². The molecule has 0 aliphatic heterocycles. The number of thiophene rings is 1. The maximum Gasteiger partial charge on any atom is 0.299 e. The van der Waals surface area contributed by atoms with Gasteiger partial charge in [-0.3, -0.25) is 19.5 Å². The molecule has 0 unspecified atom stereocenters. The number of hydrogen-bond donors (Lipinski definition) is 1. The minimum Gasteiger partial charge on any atom is -0.397 e. The highest BCUT2D eigenvalue weighted by Crippen LogP contribution is 2.35. The molecule has 0 bridgehead atoms. The van der Waals surface area contributed by atoms with Gasteiger partial charge in [0.2, 0.25) is 0 Å². The van der Waals surface area contributed by atoms with Gasteiger partial charge in [-0.15, -0.1) is 11.3 Å². The van der Waals surface area contributed by atoms with Gasteiger partial charge in [0, 0.05) is 17.6 Å². The second-order valence-corrected chi connectivity index (χ2v) is 5.96. The molecule has 3 rings (SSSR count). The lowest BCUT2D eigenvalue weighted by atomic mass is 10.2. The van der Waals surface area contributed by atoms with Crippen molar-refractivity contribution in [1.29, 1.82) is 0 Å². The molecule has 3 aromatic rings. The van der Waals surface area contributed by atoms with E-state index in [1.54, 1.807) is 24.4 Å². The summed E-state index contributed by atoms with van der Waals surface area (Å²) in [5.74, 6) is -0.400. The van der Waals surface area contributed by atoms with Crippen LogP contribution in [-0.4, -0.2) is 15.4 Å². The third kappa shape index (κ3) is 2.16. The fraction of sp³-hybridized carbons (Fsp3) is 0. The molecule has 0 spiro atoms. The second-order valence-electron chi connectivity index (χ2n) is 4.30. The Morgan fingerprint density at radius 3 is 2.81 bits per heavy atom. The Balaban J connectivity index is 2.13. The van der Waals surface area contributed by atoms with Gasteiger partial charge < -0.3 is 5.73 Å². The fourth-order valence-corrected chi connectivity index (χ4v) is 3.26. The van der Waals surface area contributed by atoms with Crippen LogP contribution in [0.5, 0.6) is 0 Å². The standard InChI is InChI=1S/C13H8ClN3O3S/c14-12-9(17(19)20)6-10(21-12)13(18)16-5-4-7-2-1-3-8(15)11(7)16/h1-6H,15H2. The molecule has 1 aromatic carbocycles. The van der Waals surface area contributed by atoms with Gasteiger partial charge in [0.05, 0.1) is 16.1 Å². The Morgan fingerprint density at radius 2 is 2.14 bits per heavy atom. The first-order valence-corrected chi connectivity index (χ1v) is 7.02. The van der Waals surface area contributed by atoms with E-state index in [0.717, 1.165) is 16.7 Å². The van der Waals surface area contributed by atoms with Crippen LogP contribution in [0.4, 0.5) is 11.4 Å². The number of nitrogen functional groups attached to an aromatic ring is 1. The molecule has 0 amide bonds. The van der Waals surface area contributed by atoms with Crippen molar-refractivity contribution in [3.8, 4) is 0 Å². The zero-order chi connectivity index (χ0) is 15.1. The highest BCUT2D eigenvalue weighted by molar-refractivity contribution is 7.18. The van der Waals surface area contributed by atoms with E-state index in [1.807, 2.05) is 6.07 Å². The number of hydrogen-bond acceptors (Lipinski definition) is 5. The van der Waals surface area contributed by atoms with Crippen molar-refractivity contribution in [2.75, 3.05) is 5.73 Å². The summed E-state index contributed by atoms with van der Waals surface area (Å²) in [5.41, 5.74) is 6.67. The lowest BCUT2D eigenvalue weighted by molar-refractivity contribution is -0.384. The number of rotatable bonds is 2. The molecule has 0 aliphatic carbocycles. The summed E-state index contributed by atoms with van der Waals surface area (Å²) in [6, 6.07) is 8.25. The minimum atomic E-state index is -0.613. The Bertz CT molecular complexity index is 884. The predicted molar refractivity (Wildman–Crippen MR) is 82.1 cm³/mol. The summed E-state index contributed by atoms with van der Waals surface area (Å²) in [7, 11) is 0. The predicted octanol–water partition coefficient (Wildman–Crippen LogP) is 3.54. The van der Waals surface area contributed by atoms with Crippen molar-refractivity contribution in [3.63, 3.8) is 0 Å². The number of nitro groups is 1. The molecular formula is C13H8ClN3O3S. The molecule has 106 valence electrons. The molecule has 0 fully saturated rings. The summed E-state index contributed by atoms with van der Waals surface area (Å²) in [6.45, 7) is 0. The number of benzene rings is 1. The smallest absolute Gasteiger partial charge is 0.299 e. The van der Waals surface area contributed by atoms with E-state index in [4.69, 9.17) is 17.3 Å². The van der Waals surface area contributed by atoms with E-state index in [0.29, 0.717) is 11.2 Å². The van der Waals surface area contributed by atoms with Gasteiger partial charge in [-0.2, -0.15) is 0 Å². The normalized spacial score (nSPS) is 10.9. The molecule has 0 atom stereocenters. The first-order valence-electron chi connectivity index (χ1n) is 5.83. The van der Waals surface area contributed by atoms with E-state index in [-0.39, 0.29) is 14.9 Å². The Labute approximate surface area is 127 Å². The van der Waals surface area contributed by atoms with Gasteiger partial charge in [-0.1, -0.05) is 23.7 Å². The van der Waals surface area contributed by atoms with E-state index < -0.39 is 10.8 Å². The largest absolute Gasteiger partial charge is 0.397 e. The third-order valence-electron chi connectivity index (χ3n) is 3.04. The second kappa shape index (κ2) is 4.87. The summed E-state index contributed by atoms with van der Waals surface area (Å²) in [4.78, 5) is 22.9. The zero-order valence-corrected chi connectivity index (χ0v) is 12.0. The molecule has 2 aromatic heterocycles. The highest BCUT2D eigenvalue weighted by atomic mass is 35.5. The molecule has 21 heavy (non-hydrogen) atoms. The number of nitrogens with two attached hydrogens (primary N) is 1. The number of halogens is 1. The van der Waals surface area contributed by atoms with Crippen molar-refractivity contribution in [2.24, 2.45) is 0 Å². The van der Waals surface area contributed by atoms with E-state index in [2.05, 4.69) is 0 Å². The maximum atomic E-state index is 12.5. The topological polar surface area (TPSA) is 91.2 Å². The molecule has 0 saturated heterocycles. The molecule has 8 heteroatoms. The van der Waals surface area contributed by atoms with Crippen LogP contribution >= 0.6 is 22.9 Å². The Hall–Kier alpha value is -2.38. The monoisotopic (exact) mass is 321 g/mol.